The van der Waals surface area contributed by atoms with Gasteiger partial charge in [0.15, 0.2) is 5.78 Å². The van der Waals surface area contributed by atoms with E-state index in [-0.39, 0.29) is 61.3 Å². The lowest BCUT2D eigenvalue weighted by Gasteiger charge is -2.12. The van der Waals surface area contributed by atoms with E-state index in [0.29, 0.717) is 91.1 Å². The number of ketones is 3. The molecule has 0 rings (SSSR count). The Bertz CT molecular complexity index is 1200. The van der Waals surface area contributed by atoms with Gasteiger partial charge in [0.1, 0.15) is 31.4 Å². The number of unbranched alkanes of at least 4 members (excludes halogenated alkanes) is 14. The molecule has 0 fully saturated rings. The SMILES string of the molecule is CCC[C@H](CC(=O)CCCCCCCCCCCCCCCCC(=O)O)C(=O)O.CC[C@@H](CCCCNC(=O)COCCOCCNC(=O)COCCOCCCC(C)=O)C(=O)CO. The van der Waals surface area contributed by atoms with Gasteiger partial charge in [0, 0.05) is 51.3 Å². The lowest BCUT2D eigenvalue weighted by Crippen LogP contribution is -2.31. The van der Waals surface area contributed by atoms with E-state index in [9.17, 15) is 33.6 Å². The molecule has 0 unspecified atom stereocenters. The van der Waals surface area contributed by atoms with E-state index in [0.717, 1.165) is 51.4 Å². The molecule has 2 atom stereocenters. The second kappa shape index (κ2) is 47.6. The van der Waals surface area contributed by atoms with Gasteiger partial charge in [-0.25, -0.2) is 0 Å². The summed E-state index contributed by atoms with van der Waals surface area (Å²) in [6, 6.07) is 0. The van der Waals surface area contributed by atoms with Crippen LogP contribution in [0.3, 0.4) is 0 Å². The van der Waals surface area contributed by atoms with Crippen molar-refractivity contribution < 1.29 is 67.8 Å². The maximum atomic E-state index is 11.9. The molecule has 16 heteroatoms. The minimum absolute atomic E-state index is 0.0571. The van der Waals surface area contributed by atoms with Crippen LogP contribution in [0.25, 0.3) is 0 Å². The molecule has 0 aromatic heterocycles. The number of carboxylic acids is 2. The average Bonchev–Trinajstić information content (AvgIpc) is 3.26. The molecule has 0 aliphatic heterocycles. The van der Waals surface area contributed by atoms with Crippen LogP contribution < -0.4 is 10.6 Å². The second-order valence-corrected chi connectivity index (χ2v) is 16.5. The molecule has 0 aliphatic rings. The molecular formula is C48H88N2O14. The minimum Gasteiger partial charge on any atom is -0.481 e. The smallest absolute Gasteiger partial charge is 0.306 e. The highest BCUT2D eigenvalue weighted by Gasteiger charge is 2.20. The molecule has 0 aromatic carbocycles. The highest BCUT2D eigenvalue weighted by Crippen LogP contribution is 2.17. The van der Waals surface area contributed by atoms with Crippen LogP contribution >= 0.6 is 0 Å². The average molecular weight is 917 g/mol. The number of aliphatic hydroxyl groups is 1. The van der Waals surface area contributed by atoms with Crippen molar-refractivity contribution in [2.45, 2.75) is 181 Å². The van der Waals surface area contributed by atoms with Gasteiger partial charge in [-0.15, -0.1) is 0 Å². The summed E-state index contributed by atoms with van der Waals surface area (Å²) in [7, 11) is 0. The molecule has 0 saturated heterocycles. The third kappa shape index (κ3) is 46.7. The first-order chi connectivity index (χ1) is 30.9. The summed E-state index contributed by atoms with van der Waals surface area (Å²) < 4.78 is 21.1. The Morgan fingerprint density at radius 2 is 0.984 bits per heavy atom. The first kappa shape index (κ1) is 62.8. The van der Waals surface area contributed by atoms with E-state index in [1.807, 2.05) is 13.8 Å². The molecule has 0 aromatic rings. The Balaban J connectivity index is 0. The summed E-state index contributed by atoms with van der Waals surface area (Å²) in [6.07, 6.45) is 22.9. The normalized spacial score (nSPS) is 11.9. The summed E-state index contributed by atoms with van der Waals surface area (Å²) >= 11 is 0. The van der Waals surface area contributed by atoms with Crippen LogP contribution in [0, 0.1) is 11.8 Å². The maximum Gasteiger partial charge on any atom is 0.306 e. The number of Topliss-reactive ketones (excluding diaryl/α,β-unsaturated/α-hetero) is 3. The van der Waals surface area contributed by atoms with Gasteiger partial charge >= 0.3 is 11.9 Å². The van der Waals surface area contributed by atoms with Crippen molar-refractivity contribution in [3.8, 4) is 0 Å². The van der Waals surface area contributed by atoms with Crippen LogP contribution in [0.15, 0.2) is 0 Å². The van der Waals surface area contributed by atoms with Crippen LogP contribution in [-0.2, 0) is 52.5 Å². The van der Waals surface area contributed by atoms with Gasteiger partial charge in [0.2, 0.25) is 11.8 Å². The number of nitrogens with one attached hydrogen (secondary N) is 2. The highest BCUT2D eigenvalue weighted by atomic mass is 16.5. The molecule has 0 radical (unpaired) electrons. The molecule has 0 heterocycles. The van der Waals surface area contributed by atoms with Crippen molar-refractivity contribution in [2.75, 3.05) is 72.6 Å². The first-order valence-electron chi connectivity index (χ1n) is 24.3. The molecule has 374 valence electrons. The second-order valence-electron chi connectivity index (χ2n) is 16.5. The van der Waals surface area contributed by atoms with Crippen molar-refractivity contribution in [1.29, 1.82) is 0 Å². The van der Waals surface area contributed by atoms with Gasteiger partial charge in [0.25, 0.3) is 0 Å². The number of carboxylic acid groups (broad SMARTS) is 2. The lowest BCUT2D eigenvalue weighted by molar-refractivity contribution is -0.144. The van der Waals surface area contributed by atoms with Crippen LogP contribution in [0.5, 0.6) is 0 Å². The van der Waals surface area contributed by atoms with Crippen molar-refractivity contribution >= 4 is 41.1 Å². The number of ether oxygens (including phenoxy) is 4. The molecule has 0 spiro atoms. The zero-order valence-electron chi connectivity index (χ0n) is 39.9. The summed E-state index contributed by atoms with van der Waals surface area (Å²) in [4.78, 5) is 79.0. The van der Waals surface area contributed by atoms with Crippen LogP contribution in [0.4, 0.5) is 0 Å². The maximum absolute atomic E-state index is 11.9. The summed E-state index contributed by atoms with van der Waals surface area (Å²) in [6.45, 7) is 7.80. The van der Waals surface area contributed by atoms with E-state index >= 15 is 0 Å². The summed E-state index contributed by atoms with van der Waals surface area (Å²) in [5, 5.41) is 32.0. The summed E-state index contributed by atoms with van der Waals surface area (Å²) in [5.74, 6) is -2.47. The molecule has 5 N–H and O–H groups in total. The van der Waals surface area contributed by atoms with Crippen LogP contribution in [0.1, 0.15) is 181 Å². The number of hydrogen-bond acceptors (Lipinski definition) is 12. The van der Waals surface area contributed by atoms with Crippen LogP contribution in [0.2, 0.25) is 0 Å². The van der Waals surface area contributed by atoms with E-state index in [1.165, 1.54) is 57.8 Å². The Labute approximate surface area is 384 Å². The molecule has 64 heavy (non-hydrogen) atoms. The topological polar surface area (TPSA) is 241 Å². The third-order valence-corrected chi connectivity index (χ3v) is 10.6. The Hall–Kier alpha value is -3.31. The van der Waals surface area contributed by atoms with Gasteiger partial charge in [-0.3, -0.25) is 28.8 Å². The van der Waals surface area contributed by atoms with Crippen molar-refractivity contribution in [2.24, 2.45) is 11.8 Å². The quantitative estimate of drug-likeness (QED) is 0.0380. The molecule has 2 amide bonds. The number of amides is 2. The monoisotopic (exact) mass is 917 g/mol. The zero-order valence-corrected chi connectivity index (χ0v) is 39.9. The van der Waals surface area contributed by atoms with Gasteiger partial charge in [0.05, 0.1) is 39.0 Å². The summed E-state index contributed by atoms with van der Waals surface area (Å²) in [5.41, 5.74) is 0. The zero-order chi connectivity index (χ0) is 47.9. The molecule has 0 bridgehead atoms. The Morgan fingerprint density at radius 3 is 1.45 bits per heavy atom. The fourth-order valence-corrected chi connectivity index (χ4v) is 6.78. The van der Waals surface area contributed by atoms with E-state index < -0.39 is 24.5 Å². The van der Waals surface area contributed by atoms with Crippen molar-refractivity contribution in [3.05, 3.63) is 0 Å². The van der Waals surface area contributed by atoms with Crippen LogP contribution in [-0.4, -0.2) is 129 Å². The molecule has 16 nitrogen and oxygen atoms in total. The number of aliphatic hydroxyl groups excluding tert-OH is 1. The van der Waals surface area contributed by atoms with E-state index in [4.69, 9.17) is 34.3 Å². The molecule has 0 saturated carbocycles. The van der Waals surface area contributed by atoms with Gasteiger partial charge in [-0.05, 0) is 51.9 Å². The van der Waals surface area contributed by atoms with E-state index in [2.05, 4.69) is 10.6 Å². The predicted octanol–water partition coefficient (Wildman–Crippen LogP) is 7.19. The lowest BCUT2D eigenvalue weighted by atomic mass is 9.95. The third-order valence-electron chi connectivity index (χ3n) is 10.6. The van der Waals surface area contributed by atoms with Crippen molar-refractivity contribution in [3.63, 3.8) is 0 Å². The predicted molar refractivity (Wildman–Crippen MR) is 246 cm³/mol. The number of carbonyl (C=O) groups is 7. The van der Waals surface area contributed by atoms with Crippen molar-refractivity contribution in [1.82, 2.24) is 10.6 Å². The number of hydrogen-bond donors (Lipinski definition) is 5. The number of aliphatic carboxylic acids is 2. The first-order valence-corrected chi connectivity index (χ1v) is 24.3. The molecule has 0 aliphatic carbocycles. The van der Waals surface area contributed by atoms with E-state index in [1.54, 1.807) is 6.92 Å². The largest absolute Gasteiger partial charge is 0.481 e. The highest BCUT2D eigenvalue weighted by molar-refractivity contribution is 5.84. The van der Waals surface area contributed by atoms with Gasteiger partial charge < -0.3 is 49.7 Å². The number of rotatable bonds is 47. The molecular weight excluding hydrogens is 829 g/mol. The van der Waals surface area contributed by atoms with Gasteiger partial charge in [-0.1, -0.05) is 104 Å². The number of carbonyl (C=O) groups excluding carboxylic acids is 5. The Kier molecular flexibility index (Phi) is 46.7. The van der Waals surface area contributed by atoms with Gasteiger partial charge in [-0.2, -0.15) is 0 Å². The fourth-order valence-electron chi connectivity index (χ4n) is 6.78. The fraction of sp³-hybridized carbons (Fsp3) is 0.854. The standard InChI is InChI=1S/C24H44N2O9.C24H44O5/c1-3-21(22(29)17-27)8-4-5-9-25-23(30)18-35-16-14-33-12-10-26-24(31)19-34-15-13-32-11-6-7-20(2)28;1-2-17-21(24(28)29)20-22(25)18-15-13-11-9-7-5-3-4-6-8-10-12-14-16-19-23(26)27/h21,27H,3-19H2,1-2H3,(H,25,30)(H,26,31);21H,2-20H2,1H3,(H,26,27)(H,28,29)/t2*21-/m01/s1. The Morgan fingerprint density at radius 1 is 0.500 bits per heavy atom. The minimum atomic E-state index is -0.837.